The van der Waals surface area contributed by atoms with E-state index >= 15 is 0 Å². The summed E-state index contributed by atoms with van der Waals surface area (Å²) < 4.78 is 0. The lowest BCUT2D eigenvalue weighted by Gasteiger charge is -2.19. The molecule has 1 heteroatoms. The minimum absolute atomic E-state index is 0.696. The van der Waals surface area contributed by atoms with Gasteiger partial charge in [-0.15, -0.1) is 11.8 Å². The summed E-state index contributed by atoms with van der Waals surface area (Å²) in [5.41, 5.74) is 0. The van der Waals surface area contributed by atoms with Gasteiger partial charge in [0.25, 0.3) is 0 Å². The Kier molecular flexibility index (Phi) is 7.61. The van der Waals surface area contributed by atoms with Gasteiger partial charge in [-0.3, -0.25) is 0 Å². The van der Waals surface area contributed by atoms with Crippen molar-refractivity contribution in [3.8, 4) is 11.8 Å². The van der Waals surface area contributed by atoms with Gasteiger partial charge >= 0.3 is 0 Å². The highest BCUT2D eigenvalue weighted by Crippen LogP contribution is 2.13. The molecule has 0 radical (unpaired) electrons. The maximum absolute atomic E-state index is 3.49. The summed E-state index contributed by atoms with van der Waals surface area (Å²) in [5.74, 6) is 8.26. The monoisotopic (exact) mass is 195 g/mol. The average molecular weight is 195 g/mol. The number of hydrogen-bond acceptors (Lipinski definition) is 1. The van der Waals surface area contributed by atoms with Gasteiger partial charge in [0.1, 0.15) is 0 Å². The van der Waals surface area contributed by atoms with Crippen LogP contribution in [0.25, 0.3) is 0 Å². The lowest BCUT2D eigenvalue weighted by molar-refractivity contribution is 0.365. The van der Waals surface area contributed by atoms with Crippen molar-refractivity contribution in [3.63, 3.8) is 0 Å². The Hall–Kier alpha value is -0.480. The quantitative estimate of drug-likeness (QED) is 0.643. The molecule has 2 atom stereocenters. The topological polar surface area (TPSA) is 12.0 Å². The first-order valence-electron chi connectivity index (χ1n) is 5.68. The second-order valence-electron chi connectivity index (χ2n) is 4.64. The minimum atomic E-state index is 0.696. The average Bonchev–Trinajstić information content (AvgIpc) is 2.13. The third kappa shape index (κ3) is 6.97. The number of nitrogens with one attached hydrogen (secondary N) is 1. The van der Waals surface area contributed by atoms with Crippen LogP contribution in [-0.4, -0.2) is 13.1 Å². The molecule has 0 rings (SSSR count). The summed E-state index contributed by atoms with van der Waals surface area (Å²) in [5, 5.41) is 3.49. The van der Waals surface area contributed by atoms with Crippen LogP contribution in [0.3, 0.4) is 0 Å². The molecule has 1 N–H and O–H groups in total. The number of hydrogen-bond donors (Lipinski definition) is 1. The van der Waals surface area contributed by atoms with Crippen LogP contribution in [0, 0.1) is 29.6 Å². The Labute approximate surface area is 89.7 Å². The highest BCUT2D eigenvalue weighted by Gasteiger charge is 2.10. The lowest BCUT2D eigenvalue weighted by Crippen LogP contribution is -2.28. The van der Waals surface area contributed by atoms with Gasteiger partial charge in [-0.05, 0) is 37.8 Å². The molecule has 0 aliphatic rings. The molecular formula is C13H25N. The molecular weight excluding hydrogens is 170 g/mol. The van der Waals surface area contributed by atoms with Crippen molar-refractivity contribution >= 4 is 0 Å². The molecule has 82 valence electrons. The molecule has 0 saturated carbocycles. The Morgan fingerprint density at radius 2 is 1.64 bits per heavy atom. The van der Waals surface area contributed by atoms with Crippen LogP contribution in [-0.2, 0) is 0 Å². The van der Waals surface area contributed by atoms with Crippen molar-refractivity contribution in [1.29, 1.82) is 0 Å². The van der Waals surface area contributed by atoms with Gasteiger partial charge in [0.15, 0.2) is 0 Å². The molecule has 0 aromatic carbocycles. The predicted molar refractivity (Wildman–Crippen MR) is 64.1 cm³/mol. The van der Waals surface area contributed by atoms with E-state index in [-0.39, 0.29) is 0 Å². The molecule has 14 heavy (non-hydrogen) atoms. The molecule has 0 spiro atoms. The Bertz CT molecular complexity index is 185. The predicted octanol–water partition coefficient (Wildman–Crippen LogP) is 2.92. The largest absolute Gasteiger partial charge is 0.316 e. The third-order valence-electron chi connectivity index (χ3n) is 2.59. The Morgan fingerprint density at radius 3 is 2.14 bits per heavy atom. The first kappa shape index (κ1) is 13.5. The zero-order valence-electron chi connectivity index (χ0n) is 10.4. The molecule has 1 nitrogen and oxygen atoms in total. The van der Waals surface area contributed by atoms with Crippen molar-refractivity contribution in [2.24, 2.45) is 17.8 Å². The second kappa shape index (κ2) is 7.88. The summed E-state index contributed by atoms with van der Waals surface area (Å²) in [6.07, 6.45) is 1.03. The summed E-state index contributed by atoms with van der Waals surface area (Å²) in [4.78, 5) is 0. The van der Waals surface area contributed by atoms with Crippen LogP contribution in [0.15, 0.2) is 0 Å². The lowest BCUT2D eigenvalue weighted by atomic mass is 9.93. The summed E-state index contributed by atoms with van der Waals surface area (Å²) in [6, 6.07) is 0. The molecule has 0 saturated heterocycles. The molecule has 0 fully saturated rings. The molecule has 0 bridgehead atoms. The molecule has 0 aromatic rings. The van der Waals surface area contributed by atoms with E-state index in [0.717, 1.165) is 31.3 Å². The maximum Gasteiger partial charge on any atom is 0.0117 e. The molecule has 0 amide bonds. The minimum Gasteiger partial charge on any atom is -0.316 e. The van der Waals surface area contributed by atoms with Crippen molar-refractivity contribution in [2.75, 3.05) is 13.1 Å². The van der Waals surface area contributed by atoms with Crippen molar-refractivity contribution in [3.05, 3.63) is 0 Å². The highest BCUT2D eigenvalue weighted by atomic mass is 14.9. The van der Waals surface area contributed by atoms with Gasteiger partial charge < -0.3 is 5.32 Å². The summed E-state index contributed by atoms with van der Waals surface area (Å²) in [6.45, 7) is 13.2. The van der Waals surface area contributed by atoms with Gasteiger partial charge in [0.05, 0.1) is 0 Å². The molecule has 0 heterocycles. The summed E-state index contributed by atoms with van der Waals surface area (Å²) >= 11 is 0. The van der Waals surface area contributed by atoms with E-state index in [9.17, 15) is 0 Å². The van der Waals surface area contributed by atoms with E-state index < -0.39 is 0 Å². The standard InChI is InChI=1S/C13H25N/c1-6-7-8-12(4)13(5)10-14-9-11(2)3/h11-14H,8-10H2,1-5H3. The van der Waals surface area contributed by atoms with Crippen LogP contribution in [0.5, 0.6) is 0 Å². The van der Waals surface area contributed by atoms with Crippen LogP contribution in [0.4, 0.5) is 0 Å². The highest BCUT2D eigenvalue weighted by molar-refractivity contribution is 4.96. The van der Waals surface area contributed by atoms with Gasteiger partial charge in [0, 0.05) is 6.42 Å². The van der Waals surface area contributed by atoms with E-state index in [1.54, 1.807) is 0 Å². The zero-order valence-corrected chi connectivity index (χ0v) is 10.4. The van der Waals surface area contributed by atoms with Crippen molar-refractivity contribution < 1.29 is 0 Å². The van der Waals surface area contributed by atoms with E-state index in [1.807, 2.05) is 6.92 Å². The fourth-order valence-electron chi connectivity index (χ4n) is 1.27. The first-order chi connectivity index (χ1) is 6.57. The first-order valence-corrected chi connectivity index (χ1v) is 5.68. The smallest absolute Gasteiger partial charge is 0.0117 e. The third-order valence-corrected chi connectivity index (χ3v) is 2.59. The van der Waals surface area contributed by atoms with Crippen molar-refractivity contribution in [1.82, 2.24) is 5.32 Å². The van der Waals surface area contributed by atoms with Gasteiger partial charge in [-0.2, -0.15) is 0 Å². The van der Waals surface area contributed by atoms with E-state index in [2.05, 4.69) is 44.9 Å². The van der Waals surface area contributed by atoms with Gasteiger partial charge in [-0.1, -0.05) is 27.7 Å². The molecule has 0 aliphatic carbocycles. The second-order valence-corrected chi connectivity index (χ2v) is 4.64. The van der Waals surface area contributed by atoms with E-state index in [4.69, 9.17) is 0 Å². The zero-order chi connectivity index (χ0) is 11.0. The van der Waals surface area contributed by atoms with E-state index in [1.165, 1.54) is 0 Å². The fraction of sp³-hybridized carbons (Fsp3) is 0.846. The van der Waals surface area contributed by atoms with E-state index in [0.29, 0.717) is 5.92 Å². The fourth-order valence-corrected chi connectivity index (χ4v) is 1.27. The molecule has 0 aliphatic heterocycles. The summed E-state index contributed by atoms with van der Waals surface area (Å²) in [7, 11) is 0. The SMILES string of the molecule is CC#CCC(C)C(C)CNCC(C)C. The Morgan fingerprint density at radius 1 is 1.00 bits per heavy atom. The normalized spacial score (nSPS) is 14.7. The Balaban J connectivity index is 3.59. The van der Waals surface area contributed by atoms with Crippen LogP contribution < -0.4 is 5.32 Å². The van der Waals surface area contributed by atoms with Crippen LogP contribution in [0.2, 0.25) is 0 Å². The van der Waals surface area contributed by atoms with Crippen molar-refractivity contribution in [2.45, 2.75) is 41.0 Å². The molecule has 2 unspecified atom stereocenters. The number of rotatable bonds is 6. The van der Waals surface area contributed by atoms with Gasteiger partial charge in [-0.25, -0.2) is 0 Å². The van der Waals surface area contributed by atoms with Crippen LogP contribution in [0.1, 0.15) is 41.0 Å². The van der Waals surface area contributed by atoms with Gasteiger partial charge in [0.2, 0.25) is 0 Å². The van der Waals surface area contributed by atoms with Crippen LogP contribution >= 0.6 is 0 Å². The molecule has 0 aromatic heterocycles. The maximum atomic E-state index is 3.49.